The van der Waals surface area contributed by atoms with Crippen LogP contribution < -0.4 is 15.5 Å². The standard InChI is InChI=1S/C23H28IN5O4/c1-3-33-21(30)8-9-25-23(32)29-12-10-28(11-13-29)20-7-5-17(15-26-20)22(31)27-18-6-4-16(2)19(24)14-18/h4-7,14-15H,3,8-13H2,1-2H3,(H,25,32)(H,27,31). The quantitative estimate of drug-likeness (QED) is 0.395. The number of aromatic nitrogens is 1. The molecule has 1 aromatic heterocycles. The summed E-state index contributed by atoms with van der Waals surface area (Å²) >= 11 is 2.24. The van der Waals surface area contributed by atoms with Crippen LogP contribution in [-0.4, -0.2) is 67.1 Å². The normalized spacial score (nSPS) is 13.4. The number of hydrogen-bond acceptors (Lipinski definition) is 6. The predicted octanol–water partition coefficient (Wildman–Crippen LogP) is 3.03. The molecule has 1 aliphatic rings. The van der Waals surface area contributed by atoms with Crippen LogP contribution in [-0.2, 0) is 9.53 Å². The van der Waals surface area contributed by atoms with Gasteiger partial charge in [0.2, 0.25) is 0 Å². The van der Waals surface area contributed by atoms with Crippen molar-refractivity contribution in [1.29, 1.82) is 0 Å². The van der Waals surface area contributed by atoms with Gasteiger partial charge in [0.05, 0.1) is 18.6 Å². The van der Waals surface area contributed by atoms with Gasteiger partial charge in [0.1, 0.15) is 5.82 Å². The molecule has 2 heterocycles. The number of anilines is 2. The van der Waals surface area contributed by atoms with Gasteiger partial charge in [-0.25, -0.2) is 9.78 Å². The summed E-state index contributed by atoms with van der Waals surface area (Å²) in [7, 11) is 0. The number of aryl methyl sites for hydroxylation is 1. The van der Waals surface area contributed by atoms with E-state index in [1.54, 1.807) is 24.1 Å². The van der Waals surface area contributed by atoms with Crippen molar-refractivity contribution < 1.29 is 19.1 Å². The van der Waals surface area contributed by atoms with Crippen LogP contribution in [0.3, 0.4) is 0 Å². The van der Waals surface area contributed by atoms with Gasteiger partial charge in [0.15, 0.2) is 0 Å². The Morgan fingerprint density at radius 2 is 1.88 bits per heavy atom. The summed E-state index contributed by atoms with van der Waals surface area (Å²) in [5.74, 6) is 0.233. The Hall–Kier alpha value is -2.89. The Balaban J connectivity index is 1.47. The molecule has 33 heavy (non-hydrogen) atoms. The maximum Gasteiger partial charge on any atom is 0.317 e. The molecule has 0 saturated carbocycles. The molecule has 1 saturated heterocycles. The Morgan fingerprint density at radius 3 is 2.52 bits per heavy atom. The predicted molar refractivity (Wildman–Crippen MR) is 135 cm³/mol. The van der Waals surface area contributed by atoms with Gasteiger partial charge in [-0.2, -0.15) is 0 Å². The van der Waals surface area contributed by atoms with Crippen molar-refractivity contribution in [2.45, 2.75) is 20.3 Å². The maximum absolute atomic E-state index is 12.5. The number of carbonyl (C=O) groups excluding carboxylic acids is 3. The van der Waals surface area contributed by atoms with Crippen LogP contribution in [0.5, 0.6) is 0 Å². The second-order valence-corrected chi connectivity index (χ2v) is 8.75. The van der Waals surface area contributed by atoms with Crippen molar-refractivity contribution in [3.8, 4) is 0 Å². The molecule has 3 rings (SSSR count). The van der Waals surface area contributed by atoms with Gasteiger partial charge in [-0.15, -0.1) is 0 Å². The largest absolute Gasteiger partial charge is 0.466 e. The summed E-state index contributed by atoms with van der Waals surface area (Å²) in [6.45, 7) is 6.71. The number of rotatable bonds is 7. The van der Waals surface area contributed by atoms with E-state index >= 15 is 0 Å². The zero-order valence-electron chi connectivity index (χ0n) is 18.8. The molecule has 0 bridgehead atoms. The minimum atomic E-state index is -0.320. The third kappa shape index (κ3) is 7.04. The maximum atomic E-state index is 12.5. The van der Waals surface area contributed by atoms with Crippen molar-refractivity contribution in [3.63, 3.8) is 0 Å². The summed E-state index contributed by atoms with van der Waals surface area (Å²) in [4.78, 5) is 44.4. The molecule has 9 nitrogen and oxygen atoms in total. The second-order valence-electron chi connectivity index (χ2n) is 7.58. The Bertz CT molecular complexity index is 991. The zero-order chi connectivity index (χ0) is 23.8. The fraction of sp³-hybridized carbons (Fsp3) is 0.391. The Labute approximate surface area is 207 Å². The van der Waals surface area contributed by atoms with E-state index in [0.717, 1.165) is 20.6 Å². The van der Waals surface area contributed by atoms with Crippen LogP contribution in [0, 0.1) is 10.5 Å². The number of halogens is 1. The molecule has 1 fully saturated rings. The summed E-state index contributed by atoms with van der Waals surface area (Å²) < 4.78 is 5.94. The van der Waals surface area contributed by atoms with Crippen molar-refractivity contribution in [1.82, 2.24) is 15.2 Å². The van der Waals surface area contributed by atoms with E-state index in [1.807, 2.05) is 31.2 Å². The average Bonchev–Trinajstić information content (AvgIpc) is 2.82. The lowest BCUT2D eigenvalue weighted by molar-refractivity contribution is -0.142. The summed E-state index contributed by atoms with van der Waals surface area (Å²) in [6.07, 6.45) is 1.73. The molecule has 0 unspecified atom stereocenters. The number of carbonyl (C=O) groups is 3. The van der Waals surface area contributed by atoms with Gasteiger partial charge in [-0.1, -0.05) is 6.07 Å². The topological polar surface area (TPSA) is 104 Å². The summed E-state index contributed by atoms with van der Waals surface area (Å²) in [5, 5.41) is 5.65. The smallest absolute Gasteiger partial charge is 0.317 e. The number of pyridine rings is 1. The van der Waals surface area contributed by atoms with Crippen LogP contribution in [0.2, 0.25) is 0 Å². The molecule has 0 radical (unpaired) electrons. The van der Waals surface area contributed by atoms with Crippen molar-refractivity contribution in [2.24, 2.45) is 0 Å². The van der Waals surface area contributed by atoms with E-state index in [2.05, 4.69) is 43.1 Å². The number of nitrogens with zero attached hydrogens (tertiary/aromatic N) is 3. The highest BCUT2D eigenvalue weighted by molar-refractivity contribution is 14.1. The van der Waals surface area contributed by atoms with E-state index in [1.165, 1.54) is 0 Å². The van der Waals surface area contributed by atoms with Crippen LogP contribution in [0.1, 0.15) is 29.3 Å². The summed E-state index contributed by atoms with van der Waals surface area (Å²) in [5.41, 5.74) is 2.39. The molecule has 2 aromatic rings. The van der Waals surface area contributed by atoms with E-state index in [4.69, 9.17) is 4.74 Å². The Kier molecular flexibility index (Phi) is 8.87. The molecular weight excluding hydrogens is 537 g/mol. The monoisotopic (exact) mass is 565 g/mol. The van der Waals surface area contributed by atoms with E-state index in [0.29, 0.717) is 38.3 Å². The molecule has 3 amide bonds. The van der Waals surface area contributed by atoms with E-state index in [-0.39, 0.29) is 30.9 Å². The first-order valence-corrected chi connectivity index (χ1v) is 11.9. The first kappa shape index (κ1) is 24.7. The van der Waals surface area contributed by atoms with Crippen LogP contribution in [0.15, 0.2) is 36.5 Å². The third-order valence-corrected chi connectivity index (χ3v) is 6.40. The molecule has 10 heteroatoms. The number of nitrogens with one attached hydrogen (secondary N) is 2. The van der Waals surface area contributed by atoms with E-state index < -0.39 is 0 Å². The second kappa shape index (κ2) is 11.8. The van der Waals surface area contributed by atoms with Gasteiger partial charge >= 0.3 is 12.0 Å². The van der Waals surface area contributed by atoms with Crippen molar-refractivity contribution >= 4 is 52.0 Å². The molecule has 0 atom stereocenters. The van der Waals surface area contributed by atoms with Gasteiger partial charge < -0.3 is 25.2 Å². The number of esters is 1. The van der Waals surface area contributed by atoms with Crippen LogP contribution in [0.4, 0.5) is 16.3 Å². The number of ether oxygens (including phenoxy) is 1. The van der Waals surface area contributed by atoms with Crippen LogP contribution >= 0.6 is 22.6 Å². The molecule has 0 spiro atoms. The lowest BCUT2D eigenvalue weighted by Crippen LogP contribution is -2.52. The van der Waals surface area contributed by atoms with Gasteiger partial charge in [0.25, 0.3) is 5.91 Å². The lowest BCUT2D eigenvalue weighted by Gasteiger charge is -2.35. The first-order valence-electron chi connectivity index (χ1n) is 10.8. The van der Waals surface area contributed by atoms with Crippen molar-refractivity contribution in [2.75, 3.05) is 49.5 Å². The number of piperazine rings is 1. The molecule has 2 N–H and O–H groups in total. The molecule has 176 valence electrons. The van der Waals surface area contributed by atoms with Gasteiger partial charge in [0, 0.05) is 48.2 Å². The fourth-order valence-electron chi connectivity index (χ4n) is 3.34. The van der Waals surface area contributed by atoms with Crippen molar-refractivity contribution in [3.05, 3.63) is 51.2 Å². The molecule has 0 aliphatic carbocycles. The van der Waals surface area contributed by atoms with Crippen LogP contribution in [0.25, 0.3) is 0 Å². The minimum absolute atomic E-state index is 0.159. The molecule has 1 aliphatic heterocycles. The number of benzene rings is 1. The summed E-state index contributed by atoms with van der Waals surface area (Å²) in [6, 6.07) is 9.17. The highest BCUT2D eigenvalue weighted by Gasteiger charge is 2.22. The number of hydrogen-bond donors (Lipinski definition) is 2. The highest BCUT2D eigenvalue weighted by Crippen LogP contribution is 2.19. The fourth-order valence-corrected chi connectivity index (χ4v) is 3.85. The van der Waals surface area contributed by atoms with Gasteiger partial charge in [-0.3, -0.25) is 9.59 Å². The number of urea groups is 1. The Morgan fingerprint density at radius 1 is 1.12 bits per heavy atom. The van der Waals surface area contributed by atoms with E-state index in [9.17, 15) is 14.4 Å². The molecular formula is C23H28IN5O4. The first-order chi connectivity index (χ1) is 15.9. The number of amides is 3. The highest BCUT2D eigenvalue weighted by atomic mass is 127. The SMILES string of the molecule is CCOC(=O)CCNC(=O)N1CCN(c2ccc(C(=O)Nc3ccc(C)c(I)c3)cn2)CC1. The average molecular weight is 565 g/mol. The van der Waals surface area contributed by atoms with Gasteiger partial charge in [-0.05, 0) is 66.3 Å². The minimum Gasteiger partial charge on any atom is -0.466 e. The lowest BCUT2D eigenvalue weighted by atomic mass is 10.2. The zero-order valence-corrected chi connectivity index (χ0v) is 20.9. The third-order valence-electron chi connectivity index (χ3n) is 5.24. The molecule has 1 aromatic carbocycles.